The lowest BCUT2D eigenvalue weighted by Crippen LogP contribution is -2.57. The van der Waals surface area contributed by atoms with Crippen LogP contribution in [0.25, 0.3) is 22.4 Å². The van der Waals surface area contributed by atoms with Crippen LogP contribution in [0, 0.1) is 6.92 Å². The smallest absolute Gasteiger partial charge is 0.326 e. The molecule has 4 bridgehead atoms. The molecule has 5 rings (SSSR count). The number of aliphatic hydroxyl groups excluding tert-OH is 2. The first-order valence-corrected chi connectivity index (χ1v) is 23.9. The molecule has 3 aromatic carbocycles. The number of carboxylic acid groups (broad SMARTS) is 1. The zero-order valence-electron chi connectivity index (χ0n) is 40.1. The average molecular weight is 1010 g/mol. The molecule has 24 heteroatoms. The molecule has 0 aliphatic carbocycles. The van der Waals surface area contributed by atoms with Crippen molar-refractivity contribution in [2.45, 2.75) is 82.8 Å². The van der Waals surface area contributed by atoms with Crippen molar-refractivity contribution in [3.8, 4) is 39.6 Å². The molecule has 2 heterocycles. The van der Waals surface area contributed by atoms with Crippen molar-refractivity contribution < 1.29 is 62.3 Å². The second kappa shape index (κ2) is 22.9. The molecule has 0 unspecified atom stereocenters. The van der Waals surface area contributed by atoms with Gasteiger partial charge in [0.05, 0.1) is 11.3 Å². The Morgan fingerprint density at radius 2 is 1.54 bits per heavy atom. The van der Waals surface area contributed by atoms with Gasteiger partial charge in [0.1, 0.15) is 61.2 Å². The molecule has 23 nitrogen and oxygen atoms in total. The van der Waals surface area contributed by atoms with Gasteiger partial charge in [-0.3, -0.25) is 19.2 Å². The molecule has 0 fully saturated rings. The van der Waals surface area contributed by atoms with Gasteiger partial charge >= 0.3 is 5.97 Å². The van der Waals surface area contributed by atoms with Crippen LogP contribution in [0.5, 0.6) is 17.2 Å². The minimum Gasteiger partial charge on any atom is -0.504 e. The summed E-state index contributed by atoms with van der Waals surface area (Å²) in [6.07, 6.45) is -2.71. The van der Waals surface area contributed by atoms with E-state index in [1.807, 2.05) is 29.0 Å². The molecule has 1 aliphatic heterocycles. The summed E-state index contributed by atoms with van der Waals surface area (Å²) in [6, 6.07) is 9.31. The molecule has 71 heavy (non-hydrogen) atoms. The molecule has 0 spiro atoms. The van der Waals surface area contributed by atoms with E-state index in [0.717, 1.165) is 17.5 Å². The number of phenolic OH excluding ortho intramolecular Hbond substituents is 1. The molecule has 384 valence electrons. The van der Waals surface area contributed by atoms with Crippen molar-refractivity contribution in [3.63, 3.8) is 0 Å². The molecule has 6 atom stereocenters. The molecular formula is C47H62N10O13S. The Hall–Kier alpha value is -6.93. The number of nitrogens with one attached hydrogen (secondary N) is 4. The second-order valence-electron chi connectivity index (χ2n) is 18.2. The summed E-state index contributed by atoms with van der Waals surface area (Å²) in [6.45, 7) is 6.89. The predicted molar refractivity (Wildman–Crippen MR) is 261 cm³/mol. The van der Waals surface area contributed by atoms with Crippen molar-refractivity contribution >= 4 is 45.6 Å². The van der Waals surface area contributed by atoms with Gasteiger partial charge in [-0.05, 0) is 71.8 Å². The van der Waals surface area contributed by atoms with Crippen LogP contribution in [0.3, 0.4) is 0 Å². The highest BCUT2D eigenvalue weighted by Gasteiger charge is 2.38. The minimum atomic E-state index is -4.53. The molecule has 4 amide bonds. The van der Waals surface area contributed by atoms with E-state index in [1.54, 1.807) is 13.0 Å². The summed E-state index contributed by atoms with van der Waals surface area (Å²) in [7, 11) is -3.40. The summed E-state index contributed by atoms with van der Waals surface area (Å²) in [4.78, 5) is 75.1. The Balaban J connectivity index is 1.67. The molecular weight excluding hydrogens is 945 g/mol. The number of fused-ring (bicyclic) bond motifs is 5. The van der Waals surface area contributed by atoms with Gasteiger partial charge in [-0.2, -0.15) is 13.1 Å². The maximum Gasteiger partial charge on any atom is 0.326 e. The lowest BCUT2D eigenvalue weighted by molar-refractivity contribution is -0.143. The highest BCUT2D eigenvalue weighted by atomic mass is 32.2. The predicted octanol–water partition coefficient (Wildman–Crippen LogP) is -0.572. The number of anilines is 1. The first-order valence-electron chi connectivity index (χ1n) is 22.3. The number of aliphatic carboxylic acids is 1. The van der Waals surface area contributed by atoms with Gasteiger partial charge in [-0.1, -0.05) is 51.1 Å². The molecule has 4 aromatic rings. The fraction of sp³-hybridized carbons (Fsp3) is 0.404. The average Bonchev–Trinajstić information content (AvgIpc) is 3.30. The number of pyridine rings is 1. The number of phenols is 1. The largest absolute Gasteiger partial charge is 0.504 e. The van der Waals surface area contributed by atoms with Crippen molar-refractivity contribution in [2.75, 3.05) is 45.6 Å². The van der Waals surface area contributed by atoms with E-state index >= 15 is 0 Å². The van der Waals surface area contributed by atoms with Crippen LogP contribution >= 0.6 is 0 Å². The van der Waals surface area contributed by atoms with Gasteiger partial charge in [-0.25, -0.2) is 14.9 Å². The normalized spacial score (nSPS) is 17.6. The SMILES string of the molecule is Cc1cc(-c2ccc(C(C)(C)C)cc2)nc(N)c1C(=O)N[C@@H](CNS(N)(=O)=O)C(=O)N(C)[C@@H]1C(=O)N[C@@H](C)C(=O)N[C@H](C(=O)O)Cc2ccc(OC[C@H](O)CN)c(c2)-c2cc1cc(OC[C@H](O)CN)c2O. The standard InChI is InChI=1S/C47H62N10O13S/c1-23-13-33(26-8-10-28(11-9-26)47(3,4)5)54-41(50)38(23)43(62)56-35(20-52-71(51,67)68)45(64)57(6)39-27-16-32(40(60)37(17-27)70-22-30(59)19-49)31-14-25(7-12-36(31)69-21-29(58)18-48)15-34(46(65)66)55-42(61)24(2)53-44(39)63/h7-14,16-17,24,29-30,34-35,39,52,58-60H,15,18-22,48-49H2,1-6H3,(H2,50,54)(H,53,63)(H,55,61)(H,56,62)(H,65,66)(H2,51,67,68)/t24-,29+,30+,34-,35-,39-/m0/s1. The number of carbonyl (C=O) groups excluding carboxylic acids is 4. The van der Waals surface area contributed by atoms with Gasteiger partial charge in [0.2, 0.25) is 17.7 Å². The van der Waals surface area contributed by atoms with Crippen LogP contribution in [-0.2, 0) is 41.2 Å². The van der Waals surface area contributed by atoms with E-state index < -0.39 is 95.1 Å². The maximum atomic E-state index is 14.9. The number of rotatable bonds is 17. The lowest BCUT2D eigenvalue weighted by atomic mass is 9.86. The van der Waals surface area contributed by atoms with Crippen LogP contribution in [0.1, 0.15) is 66.3 Å². The van der Waals surface area contributed by atoms with Crippen molar-refractivity contribution in [1.29, 1.82) is 0 Å². The number of aromatic hydroxyl groups is 1. The number of aryl methyl sites for hydroxylation is 1. The Labute approximate surface area is 410 Å². The summed E-state index contributed by atoms with van der Waals surface area (Å²) in [5.41, 5.74) is 20.0. The molecule has 0 saturated heterocycles. The topological polar surface area (TPSA) is 387 Å². The van der Waals surface area contributed by atoms with Crippen molar-refractivity contribution in [2.24, 2.45) is 16.6 Å². The maximum absolute atomic E-state index is 14.9. The fourth-order valence-corrected chi connectivity index (χ4v) is 7.98. The molecule has 16 N–H and O–H groups in total. The van der Waals surface area contributed by atoms with E-state index in [2.05, 4.69) is 41.7 Å². The number of aromatic nitrogens is 1. The lowest BCUT2D eigenvalue weighted by Gasteiger charge is -2.33. The number of amides is 4. The number of benzene rings is 3. The third kappa shape index (κ3) is 13.9. The zero-order chi connectivity index (χ0) is 52.7. The number of likely N-dealkylation sites (N-methyl/N-ethyl adjacent to an activating group) is 1. The van der Waals surface area contributed by atoms with Crippen LogP contribution in [0.15, 0.2) is 60.7 Å². The van der Waals surface area contributed by atoms with E-state index in [4.69, 9.17) is 31.8 Å². The number of hydrogen-bond acceptors (Lipinski definition) is 16. The Bertz CT molecular complexity index is 2730. The van der Waals surface area contributed by atoms with Crippen molar-refractivity contribution in [1.82, 2.24) is 30.6 Å². The molecule has 0 radical (unpaired) electrons. The van der Waals surface area contributed by atoms with Crippen LogP contribution in [-0.4, -0.2) is 139 Å². The summed E-state index contributed by atoms with van der Waals surface area (Å²) < 4.78 is 38.3. The second-order valence-corrected chi connectivity index (χ2v) is 19.5. The molecule has 1 aromatic heterocycles. The number of nitrogen functional groups attached to an aromatic ring is 1. The number of aliphatic hydroxyl groups is 2. The Morgan fingerprint density at radius 1 is 0.915 bits per heavy atom. The molecule has 1 aliphatic rings. The monoisotopic (exact) mass is 1010 g/mol. The number of nitrogens with zero attached hydrogens (tertiary/aromatic N) is 2. The van der Waals surface area contributed by atoms with Crippen LogP contribution in [0.2, 0.25) is 0 Å². The van der Waals surface area contributed by atoms with Crippen molar-refractivity contribution in [3.05, 3.63) is 88.5 Å². The Morgan fingerprint density at radius 3 is 2.10 bits per heavy atom. The van der Waals surface area contributed by atoms with E-state index in [-0.39, 0.29) is 71.1 Å². The number of ether oxygens (including phenoxy) is 2. The van der Waals surface area contributed by atoms with E-state index in [9.17, 15) is 52.8 Å². The van der Waals surface area contributed by atoms with Gasteiger partial charge in [0.25, 0.3) is 16.1 Å². The number of hydrogen-bond donors (Lipinski definition) is 12. The first-order chi connectivity index (χ1) is 33.2. The quantitative estimate of drug-likeness (QED) is 0.0630. The zero-order valence-corrected chi connectivity index (χ0v) is 40.9. The third-order valence-corrected chi connectivity index (χ3v) is 12.1. The highest BCUT2D eigenvalue weighted by molar-refractivity contribution is 7.87. The minimum absolute atomic E-state index is 0.0103. The number of nitrogens with two attached hydrogens (primary N) is 4. The fourth-order valence-electron chi connectivity index (χ4n) is 7.58. The van der Waals surface area contributed by atoms with Gasteiger partial charge < -0.3 is 68.0 Å². The van der Waals surface area contributed by atoms with Crippen LogP contribution in [0.4, 0.5) is 5.82 Å². The third-order valence-electron chi connectivity index (χ3n) is 11.6. The number of carbonyl (C=O) groups is 5. The summed E-state index contributed by atoms with van der Waals surface area (Å²) in [5.74, 6) is -6.70. The van der Waals surface area contributed by atoms with Gasteiger partial charge in [0, 0.05) is 49.8 Å². The Kier molecular flexibility index (Phi) is 17.7. The van der Waals surface area contributed by atoms with E-state index in [0.29, 0.717) is 22.4 Å². The van der Waals surface area contributed by atoms with Crippen LogP contribution < -0.4 is 52.5 Å². The summed E-state index contributed by atoms with van der Waals surface area (Å²) in [5, 5.41) is 55.4. The first kappa shape index (κ1) is 55.0. The van der Waals surface area contributed by atoms with Gasteiger partial charge in [-0.15, -0.1) is 0 Å². The molecule has 0 saturated carbocycles. The summed E-state index contributed by atoms with van der Waals surface area (Å²) >= 11 is 0. The number of carboxylic acids is 1. The highest BCUT2D eigenvalue weighted by Crippen LogP contribution is 2.45. The van der Waals surface area contributed by atoms with Gasteiger partial charge in [0.15, 0.2) is 11.5 Å². The van der Waals surface area contributed by atoms with E-state index in [1.165, 1.54) is 37.3 Å².